The Hall–Kier alpha value is -6.13. The van der Waals surface area contributed by atoms with Gasteiger partial charge in [0.25, 0.3) is 0 Å². The molecule has 11 nitrogen and oxygen atoms in total. The van der Waals surface area contributed by atoms with Crippen LogP contribution in [0.15, 0.2) is 170 Å². The molecule has 2 fully saturated rings. The van der Waals surface area contributed by atoms with Gasteiger partial charge in [-0.1, -0.05) is 145 Å². The molecule has 10 rings (SSSR count). The number of anilines is 1. The summed E-state index contributed by atoms with van der Waals surface area (Å²) in [6, 6.07) is 52.9. The van der Waals surface area contributed by atoms with Crippen LogP contribution in [0, 0.1) is 5.92 Å². The average molecular weight is 1010 g/mol. The molecule has 8 aromatic rings. The molecule has 2 aliphatic heterocycles. The van der Waals surface area contributed by atoms with Crippen molar-refractivity contribution in [1.82, 2.24) is 34.7 Å². The predicted molar refractivity (Wildman–Crippen MR) is 280 cm³/mol. The van der Waals surface area contributed by atoms with Gasteiger partial charge in [0.05, 0.1) is 24.4 Å². The summed E-state index contributed by atoms with van der Waals surface area (Å²) in [6.45, 7) is 12.0. The van der Waals surface area contributed by atoms with Gasteiger partial charge in [0.15, 0.2) is 5.65 Å². The third kappa shape index (κ3) is 8.88. The minimum Gasteiger partial charge on any atom is -0.493 e. The maximum Gasteiger partial charge on any atom is 0.498 e. The van der Waals surface area contributed by atoms with Gasteiger partial charge in [-0.25, -0.2) is 9.67 Å². The monoisotopic (exact) mass is 1010 g/mol. The largest absolute Gasteiger partial charge is 0.498 e. The van der Waals surface area contributed by atoms with Gasteiger partial charge in [0, 0.05) is 65.5 Å². The number of nitrogens with zero attached hydrogens (tertiary/aromatic N) is 7. The molecule has 344 valence electrons. The third-order valence-electron chi connectivity index (χ3n) is 14.0. The minimum absolute atomic E-state index is 0.284. The number of halogens is 1. The van der Waals surface area contributed by atoms with Crippen LogP contribution in [0.4, 0.5) is 5.82 Å². The highest BCUT2D eigenvalue weighted by atomic mass is 127. The maximum atomic E-state index is 6.65. The lowest BCUT2D eigenvalue weighted by Gasteiger charge is -2.36. The van der Waals surface area contributed by atoms with Crippen LogP contribution < -0.4 is 15.5 Å². The maximum absolute atomic E-state index is 6.65. The van der Waals surface area contributed by atoms with Crippen LogP contribution in [0.25, 0.3) is 14.7 Å². The number of ether oxygens (including phenoxy) is 1. The second kappa shape index (κ2) is 19.1. The van der Waals surface area contributed by atoms with E-state index in [2.05, 4.69) is 199 Å². The summed E-state index contributed by atoms with van der Waals surface area (Å²) in [6.07, 6.45) is 6.16. The number of likely N-dealkylation sites (tertiary alicyclic amines) is 1. The molecule has 3 aromatic heterocycles. The summed E-state index contributed by atoms with van der Waals surface area (Å²) in [5.41, 5.74) is 7.26. The zero-order valence-electron chi connectivity index (χ0n) is 39.2. The summed E-state index contributed by atoms with van der Waals surface area (Å²) in [4.78, 5) is 7.72. The molecular formula is C55H56BIN8O3. The van der Waals surface area contributed by atoms with Gasteiger partial charge in [-0.05, 0) is 96.3 Å². The number of aromatic nitrogens is 6. The summed E-state index contributed by atoms with van der Waals surface area (Å²) in [5.74, 6) is 2.19. The zero-order valence-corrected chi connectivity index (χ0v) is 41.3. The number of hydrogen-bond acceptors (Lipinski definition) is 9. The number of fused-ring (bicyclic) bond motifs is 1. The van der Waals surface area contributed by atoms with E-state index in [1.807, 2.05) is 53.1 Å². The molecular weight excluding hydrogens is 958 g/mol. The van der Waals surface area contributed by atoms with Crippen LogP contribution in [-0.2, 0) is 21.4 Å². The molecule has 0 bridgehead atoms. The summed E-state index contributed by atoms with van der Waals surface area (Å²) in [7, 11) is 1.46. The molecule has 13 heteroatoms. The van der Waals surface area contributed by atoms with Crippen LogP contribution in [0.2, 0.25) is 0 Å². The number of nitrogens with one attached hydrogen (secondary N) is 1. The molecule has 0 amide bonds. The van der Waals surface area contributed by atoms with E-state index in [0.717, 1.165) is 73.6 Å². The number of hydrogen-bond donors (Lipinski definition) is 1. The zero-order chi connectivity index (χ0) is 46.9. The van der Waals surface area contributed by atoms with E-state index in [4.69, 9.17) is 29.3 Å². The molecule has 2 aliphatic rings. The Balaban J connectivity index is 0.894. The van der Waals surface area contributed by atoms with Gasteiger partial charge in [0.1, 0.15) is 22.6 Å². The van der Waals surface area contributed by atoms with Crippen LogP contribution in [0.5, 0.6) is 5.75 Å². The Kier molecular flexibility index (Phi) is 12.8. The first-order chi connectivity index (χ1) is 33.0. The Morgan fingerprint density at radius 3 is 2.04 bits per heavy atom. The standard InChI is InChI=1S/C55H56BIN8O3/c1-53(2)54(3,4)68-56(67-53)45-33-59-64(36-45)34-39-19-18-28-46(31-39)66-38-41-35-63(37-48(41)40-20-10-6-11-21-40)30-29-49(57)47-32-50(58-5)60-52-51(47)61-62-65(52)55(42-22-12-7-13-23-42,43-24-14-8-15-25-43)44-26-16-9-17-27-44/h6-29,31-33,36,41,48H,30,34-35,37-38H2,1-5H3,(H,58,60)/b49-29-/t41-,48-/m1/s1. The predicted octanol–water partition coefficient (Wildman–Crippen LogP) is 9.82. The molecule has 2 saturated heterocycles. The topological polar surface area (TPSA) is 104 Å². The molecule has 5 heterocycles. The summed E-state index contributed by atoms with van der Waals surface area (Å²) >= 11 is 2.47. The first-order valence-electron chi connectivity index (χ1n) is 23.4. The van der Waals surface area contributed by atoms with Crippen molar-refractivity contribution in [3.8, 4) is 5.75 Å². The number of benzene rings is 5. The fraction of sp³-hybridized carbons (Fsp3) is 0.273. The molecule has 0 radical (unpaired) electrons. The van der Waals surface area contributed by atoms with Crippen molar-refractivity contribution >= 4 is 55.7 Å². The van der Waals surface area contributed by atoms with Gasteiger partial charge < -0.3 is 19.4 Å². The van der Waals surface area contributed by atoms with Gasteiger partial charge in [0.2, 0.25) is 0 Å². The van der Waals surface area contributed by atoms with Gasteiger partial charge in [-0.15, -0.1) is 5.10 Å². The summed E-state index contributed by atoms with van der Waals surface area (Å²) in [5, 5.41) is 17.9. The van der Waals surface area contributed by atoms with E-state index in [9.17, 15) is 0 Å². The van der Waals surface area contributed by atoms with Gasteiger partial charge in [-0.3, -0.25) is 9.58 Å². The fourth-order valence-corrected chi connectivity index (χ4v) is 10.3. The second-order valence-corrected chi connectivity index (χ2v) is 20.0. The Labute approximate surface area is 412 Å². The number of rotatable bonds is 15. The van der Waals surface area contributed by atoms with E-state index >= 15 is 0 Å². The normalized spacial score (nSPS) is 18.3. The highest BCUT2D eigenvalue weighted by Crippen LogP contribution is 2.43. The van der Waals surface area contributed by atoms with Crippen molar-refractivity contribution in [3.05, 3.63) is 204 Å². The van der Waals surface area contributed by atoms with Crippen molar-refractivity contribution < 1.29 is 14.0 Å². The van der Waals surface area contributed by atoms with E-state index < -0.39 is 23.9 Å². The number of pyridine rings is 1. The molecule has 68 heavy (non-hydrogen) atoms. The van der Waals surface area contributed by atoms with E-state index in [1.165, 1.54) is 5.56 Å². The van der Waals surface area contributed by atoms with E-state index in [1.54, 1.807) is 0 Å². The Morgan fingerprint density at radius 1 is 0.809 bits per heavy atom. The second-order valence-electron chi connectivity index (χ2n) is 18.9. The first-order valence-corrected chi connectivity index (χ1v) is 24.4. The lowest BCUT2D eigenvalue weighted by molar-refractivity contribution is 0.00578. The molecule has 0 spiro atoms. The SMILES string of the molecule is CNc1cc(/C(I)=C/CN2C[C@H](COc3cccc(Cn4cc(B5OC(C)(C)C(C)(C)O5)cn4)c3)[C@@H](c3ccccc3)C2)c2nnn(C(c3ccccc3)(c3ccccc3)c3ccccc3)c2n1. The molecule has 2 atom stereocenters. The van der Waals surface area contributed by atoms with Crippen molar-refractivity contribution in [2.24, 2.45) is 5.92 Å². The highest BCUT2D eigenvalue weighted by molar-refractivity contribution is 14.1. The molecule has 0 saturated carbocycles. The van der Waals surface area contributed by atoms with Crippen molar-refractivity contribution in [3.63, 3.8) is 0 Å². The van der Waals surface area contributed by atoms with Crippen molar-refractivity contribution in [2.75, 3.05) is 38.6 Å². The van der Waals surface area contributed by atoms with Crippen LogP contribution >= 0.6 is 22.6 Å². The van der Waals surface area contributed by atoms with E-state index in [0.29, 0.717) is 24.7 Å². The van der Waals surface area contributed by atoms with Crippen LogP contribution in [-0.4, -0.2) is 86.3 Å². The van der Waals surface area contributed by atoms with Gasteiger partial charge >= 0.3 is 7.12 Å². The molecule has 0 unspecified atom stereocenters. The Bertz CT molecular complexity index is 2910. The molecule has 5 aromatic carbocycles. The fourth-order valence-electron chi connectivity index (χ4n) is 9.71. The minimum atomic E-state index is -0.857. The van der Waals surface area contributed by atoms with E-state index in [-0.39, 0.29) is 5.92 Å². The lowest BCUT2D eigenvalue weighted by Crippen LogP contribution is -2.41. The van der Waals surface area contributed by atoms with Crippen molar-refractivity contribution in [2.45, 2.75) is 56.9 Å². The third-order valence-corrected chi connectivity index (χ3v) is 15.0. The summed E-state index contributed by atoms with van der Waals surface area (Å²) < 4.78 is 24.2. The smallest absolute Gasteiger partial charge is 0.493 e. The first kappa shape index (κ1) is 45.6. The van der Waals surface area contributed by atoms with Gasteiger partial charge in [-0.2, -0.15) is 5.10 Å². The lowest BCUT2D eigenvalue weighted by atomic mass is 9.77. The Morgan fingerprint density at radius 2 is 1.43 bits per heavy atom. The van der Waals surface area contributed by atoms with Crippen LogP contribution in [0.1, 0.15) is 67.0 Å². The average Bonchev–Trinajstić information content (AvgIpc) is 4.16. The highest BCUT2D eigenvalue weighted by Gasteiger charge is 2.52. The van der Waals surface area contributed by atoms with Crippen molar-refractivity contribution in [1.29, 1.82) is 0 Å². The quantitative estimate of drug-likeness (QED) is 0.0611. The molecule has 1 N–H and O–H groups in total. The molecule has 0 aliphatic carbocycles. The van der Waals surface area contributed by atoms with Crippen LogP contribution in [0.3, 0.4) is 0 Å².